The van der Waals surface area contributed by atoms with Crippen LogP contribution in [0.2, 0.25) is 0 Å². The first-order chi connectivity index (χ1) is 6.78. The van der Waals surface area contributed by atoms with Crippen molar-refractivity contribution in [3.63, 3.8) is 0 Å². The molecule has 0 saturated heterocycles. The second-order valence-corrected chi connectivity index (χ2v) is 3.20. The Morgan fingerprint density at radius 2 is 1.07 bits per heavy atom. The van der Waals surface area contributed by atoms with Gasteiger partial charge in [0.25, 0.3) is 0 Å². The lowest BCUT2D eigenvalue weighted by molar-refractivity contribution is -0.00897. The predicted octanol–water partition coefficient (Wildman–Crippen LogP) is 1.09. The van der Waals surface area contributed by atoms with Gasteiger partial charge in [0, 0.05) is 28.4 Å². The van der Waals surface area contributed by atoms with Crippen molar-refractivity contribution in [3.8, 4) is 0 Å². The molecule has 0 aromatic heterocycles. The second kappa shape index (κ2) is 9.40. The molecule has 0 amide bonds. The molecule has 0 aliphatic carbocycles. The number of hydrogen-bond acceptors (Lipinski definition) is 4. The van der Waals surface area contributed by atoms with Gasteiger partial charge in [-0.15, -0.1) is 0 Å². The first kappa shape index (κ1) is 13.8. The third kappa shape index (κ3) is 6.32. The largest absolute Gasteiger partial charge is 0.382 e. The van der Waals surface area contributed by atoms with E-state index in [2.05, 4.69) is 0 Å². The van der Waals surface area contributed by atoms with Crippen LogP contribution >= 0.6 is 0 Å². The zero-order chi connectivity index (χ0) is 10.8. The zero-order valence-corrected chi connectivity index (χ0v) is 9.62. The number of methoxy groups -OCH3 is 4. The third-order valence-electron chi connectivity index (χ3n) is 2.18. The Morgan fingerprint density at radius 1 is 0.714 bits per heavy atom. The minimum atomic E-state index is 0.148. The SMILES string of the molecule is COCC(CCC(COC)OC)OC. The molecule has 0 spiro atoms. The van der Waals surface area contributed by atoms with E-state index < -0.39 is 0 Å². The maximum absolute atomic E-state index is 5.24. The molecule has 0 rings (SSSR count). The Bertz CT molecular complexity index is 105. The molecule has 0 saturated carbocycles. The fourth-order valence-corrected chi connectivity index (χ4v) is 1.28. The van der Waals surface area contributed by atoms with Gasteiger partial charge in [-0.05, 0) is 12.8 Å². The fraction of sp³-hybridized carbons (Fsp3) is 1.00. The molecule has 0 fully saturated rings. The van der Waals surface area contributed by atoms with Crippen LogP contribution in [0, 0.1) is 0 Å². The summed E-state index contributed by atoms with van der Waals surface area (Å²) in [7, 11) is 6.74. The molecule has 0 N–H and O–H groups in total. The van der Waals surface area contributed by atoms with Crippen LogP contribution in [-0.2, 0) is 18.9 Å². The highest BCUT2D eigenvalue weighted by Gasteiger charge is 2.12. The van der Waals surface area contributed by atoms with Crippen LogP contribution in [0.3, 0.4) is 0 Å². The van der Waals surface area contributed by atoms with Crippen LogP contribution in [0.15, 0.2) is 0 Å². The van der Waals surface area contributed by atoms with Crippen LogP contribution in [-0.4, -0.2) is 53.9 Å². The zero-order valence-electron chi connectivity index (χ0n) is 9.62. The number of hydrogen-bond donors (Lipinski definition) is 0. The quantitative estimate of drug-likeness (QED) is 0.566. The maximum Gasteiger partial charge on any atom is 0.0805 e. The predicted molar refractivity (Wildman–Crippen MR) is 54.6 cm³/mol. The molecule has 0 aliphatic heterocycles. The molecule has 0 aromatic carbocycles. The summed E-state index contributed by atoms with van der Waals surface area (Å²) in [6.45, 7) is 1.25. The summed E-state index contributed by atoms with van der Waals surface area (Å²) in [5, 5.41) is 0. The minimum Gasteiger partial charge on any atom is -0.382 e. The van der Waals surface area contributed by atoms with Crippen LogP contribution < -0.4 is 0 Å². The maximum atomic E-state index is 5.24. The molecule has 0 aliphatic rings. The minimum absolute atomic E-state index is 0.148. The van der Waals surface area contributed by atoms with E-state index in [0.717, 1.165) is 12.8 Å². The molecule has 2 unspecified atom stereocenters. The topological polar surface area (TPSA) is 36.9 Å². The average molecular weight is 206 g/mol. The first-order valence-electron chi connectivity index (χ1n) is 4.81. The molecule has 2 atom stereocenters. The molecule has 14 heavy (non-hydrogen) atoms. The number of rotatable bonds is 9. The molecule has 0 aromatic rings. The molecular weight excluding hydrogens is 184 g/mol. The summed E-state index contributed by atoms with van der Waals surface area (Å²) in [5.41, 5.74) is 0. The summed E-state index contributed by atoms with van der Waals surface area (Å²) < 4.78 is 20.5. The van der Waals surface area contributed by atoms with E-state index in [4.69, 9.17) is 18.9 Å². The van der Waals surface area contributed by atoms with Gasteiger partial charge < -0.3 is 18.9 Å². The monoisotopic (exact) mass is 206 g/mol. The molecule has 0 radical (unpaired) electrons. The molecule has 0 bridgehead atoms. The van der Waals surface area contributed by atoms with Crippen molar-refractivity contribution >= 4 is 0 Å². The molecule has 86 valence electrons. The van der Waals surface area contributed by atoms with Crippen molar-refractivity contribution in [2.24, 2.45) is 0 Å². The summed E-state index contributed by atoms with van der Waals surface area (Å²) >= 11 is 0. The van der Waals surface area contributed by atoms with Crippen molar-refractivity contribution in [2.75, 3.05) is 41.7 Å². The number of ether oxygens (including phenoxy) is 4. The van der Waals surface area contributed by atoms with Gasteiger partial charge >= 0.3 is 0 Å². The highest BCUT2D eigenvalue weighted by atomic mass is 16.5. The van der Waals surface area contributed by atoms with Gasteiger partial charge in [-0.25, -0.2) is 0 Å². The van der Waals surface area contributed by atoms with Gasteiger partial charge in [-0.2, -0.15) is 0 Å². The van der Waals surface area contributed by atoms with E-state index in [1.54, 1.807) is 28.4 Å². The molecular formula is C10H22O4. The van der Waals surface area contributed by atoms with Crippen molar-refractivity contribution in [1.29, 1.82) is 0 Å². The van der Waals surface area contributed by atoms with Gasteiger partial charge in [0.15, 0.2) is 0 Å². The first-order valence-corrected chi connectivity index (χ1v) is 4.81. The van der Waals surface area contributed by atoms with E-state index in [9.17, 15) is 0 Å². The van der Waals surface area contributed by atoms with E-state index in [1.807, 2.05) is 0 Å². The van der Waals surface area contributed by atoms with Crippen molar-refractivity contribution in [3.05, 3.63) is 0 Å². The van der Waals surface area contributed by atoms with E-state index in [0.29, 0.717) is 13.2 Å². The Kier molecular flexibility index (Phi) is 9.29. The van der Waals surface area contributed by atoms with Gasteiger partial charge in [0.1, 0.15) is 0 Å². The fourth-order valence-electron chi connectivity index (χ4n) is 1.28. The summed E-state index contributed by atoms with van der Waals surface area (Å²) in [6, 6.07) is 0. The third-order valence-corrected chi connectivity index (χ3v) is 2.18. The van der Waals surface area contributed by atoms with Crippen LogP contribution in [0.1, 0.15) is 12.8 Å². The van der Waals surface area contributed by atoms with Gasteiger partial charge in [0.2, 0.25) is 0 Å². The lowest BCUT2D eigenvalue weighted by atomic mass is 10.1. The Balaban J connectivity index is 3.63. The normalized spacial score (nSPS) is 15.4. The van der Waals surface area contributed by atoms with Crippen molar-refractivity contribution in [1.82, 2.24) is 0 Å². The average Bonchev–Trinajstić information content (AvgIpc) is 2.22. The lowest BCUT2D eigenvalue weighted by Gasteiger charge is -2.18. The van der Waals surface area contributed by atoms with Crippen molar-refractivity contribution < 1.29 is 18.9 Å². The van der Waals surface area contributed by atoms with Crippen LogP contribution in [0.5, 0.6) is 0 Å². The van der Waals surface area contributed by atoms with Gasteiger partial charge in [-0.3, -0.25) is 0 Å². The highest BCUT2D eigenvalue weighted by molar-refractivity contribution is 4.62. The molecule has 0 heterocycles. The van der Waals surface area contributed by atoms with E-state index in [-0.39, 0.29) is 12.2 Å². The summed E-state index contributed by atoms with van der Waals surface area (Å²) in [4.78, 5) is 0. The lowest BCUT2D eigenvalue weighted by Crippen LogP contribution is -2.23. The summed E-state index contributed by atoms with van der Waals surface area (Å²) in [5.74, 6) is 0. The second-order valence-electron chi connectivity index (χ2n) is 3.20. The standard InChI is InChI=1S/C10H22O4/c1-11-7-9(13-3)5-6-10(14-4)8-12-2/h9-10H,5-8H2,1-4H3. The smallest absolute Gasteiger partial charge is 0.0805 e. The molecule has 4 nitrogen and oxygen atoms in total. The highest BCUT2D eigenvalue weighted by Crippen LogP contribution is 2.07. The van der Waals surface area contributed by atoms with E-state index in [1.165, 1.54) is 0 Å². The Morgan fingerprint density at radius 3 is 1.29 bits per heavy atom. The van der Waals surface area contributed by atoms with E-state index >= 15 is 0 Å². The summed E-state index contributed by atoms with van der Waals surface area (Å²) in [6.07, 6.45) is 2.14. The van der Waals surface area contributed by atoms with Crippen LogP contribution in [0.4, 0.5) is 0 Å². The van der Waals surface area contributed by atoms with Crippen molar-refractivity contribution in [2.45, 2.75) is 25.0 Å². The van der Waals surface area contributed by atoms with Gasteiger partial charge in [0.05, 0.1) is 25.4 Å². The van der Waals surface area contributed by atoms with Gasteiger partial charge in [-0.1, -0.05) is 0 Å². The Hall–Kier alpha value is -0.160. The Labute approximate surface area is 86.5 Å². The van der Waals surface area contributed by atoms with Crippen LogP contribution in [0.25, 0.3) is 0 Å². The molecule has 4 heteroatoms.